The van der Waals surface area contributed by atoms with Gasteiger partial charge < -0.3 is 20.1 Å². The Morgan fingerprint density at radius 3 is 3.04 bits per heavy atom. The fraction of sp³-hybridized carbons (Fsp3) is 0.500. The smallest absolute Gasteiger partial charge is 0.194 e. The van der Waals surface area contributed by atoms with Crippen LogP contribution in [0.5, 0.6) is 0 Å². The summed E-state index contributed by atoms with van der Waals surface area (Å²) >= 11 is 0. The lowest BCUT2D eigenvalue weighted by Crippen LogP contribution is -2.48. The quantitative estimate of drug-likeness (QED) is 0.619. The van der Waals surface area contributed by atoms with E-state index in [0.29, 0.717) is 19.7 Å². The number of hydrogen-bond donors (Lipinski definition) is 2. The summed E-state index contributed by atoms with van der Waals surface area (Å²) in [6.07, 6.45) is 3.19. The predicted octanol–water partition coefficient (Wildman–Crippen LogP) is 1.80. The van der Waals surface area contributed by atoms with Gasteiger partial charge in [-0.15, -0.1) is 0 Å². The number of nitrogens with zero attached hydrogens (tertiary/aromatic N) is 4. The molecular weight excluding hydrogens is 342 g/mol. The summed E-state index contributed by atoms with van der Waals surface area (Å²) in [5.41, 5.74) is 3.09. The molecule has 2 unspecified atom stereocenters. The zero-order valence-corrected chi connectivity index (χ0v) is 16.3. The predicted molar refractivity (Wildman–Crippen MR) is 106 cm³/mol. The van der Waals surface area contributed by atoms with Crippen molar-refractivity contribution < 1.29 is 9.84 Å². The van der Waals surface area contributed by atoms with Gasteiger partial charge in [-0.25, -0.2) is 0 Å². The van der Waals surface area contributed by atoms with Gasteiger partial charge in [0, 0.05) is 31.9 Å². The second-order valence-electron chi connectivity index (χ2n) is 6.88. The largest absolute Gasteiger partial charge is 0.386 e. The Bertz CT molecular complexity index is 773. The van der Waals surface area contributed by atoms with Gasteiger partial charge in [-0.05, 0) is 19.4 Å². The molecule has 2 N–H and O–H groups in total. The van der Waals surface area contributed by atoms with Crippen molar-refractivity contribution in [2.45, 2.75) is 26.1 Å². The van der Waals surface area contributed by atoms with Gasteiger partial charge in [0.15, 0.2) is 5.96 Å². The van der Waals surface area contributed by atoms with Crippen LogP contribution in [0.25, 0.3) is 0 Å². The Labute approximate surface area is 160 Å². The number of aliphatic imine (C=N–C) groups is 1. The molecule has 1 aromatic carbocycles. The minimum Gasteiger partial charge on any atom is -0.386 e. The van der Waals surface area contributed by atoms with Gasteiger partial charge in [0.25, 0.3) is 0 Å². The highest BCUT2D eigenvalue weighted by atomic mass is 16.5. The highest BCUT2D eigenvalue weighted by Gasteiger charge is 2.25. The standard InChI is InChI=1S/C20H29N5O2/c1-4-21-20(22-12-18(26)16-7-5-6-15(2)10-16)25-8-9-27-19(14-25)17-11-23-24(3)13-17/h5-7,10-11,13,18-19,26H,4,8-9,12,14H2,1-3H3,(H,21,22). The molecule has 7 nitrogen and oxygen atoms in total. The van der Waals surface area contributed by atoms with Gasteiger partial charge in [-0.3, -0.25) is 9.67 Å². The lowest BCUT2D eigenvalue weighted by atomic mass is 10.1. The maximum atomic E-state index is 10.5. The van der Waals surface area contributed by atoms with Gasteiger partial charge >= 0.3 is 0 Å². The van der Waals surface area contributed by atoms with Crippen LogP contribution in [-0.4, -0.2) is 58.5 Å². The summed E-state index contributed by atoms with van der Waals surface area (Å²) in [6, 6.07) is 7.92. The maximum absolute atomic E-state index is 10.5. The van der Waals surface area contributed by atoms with Crippen LogP contribution in [0.15, 0.2) is 41.7 Å². The van der Waals surface area contributed by atoms with E-state index < -0.39 is 6.10 Å². The van der Waals surface area contributed by atoms with Crippen molar-refractivity contribution in [3.63, 3.8) is 0 Å². The van der Waals surface area contributed by atoms with Crippen LogP contribution in [-0.2, 0) is 11.8 Å². The van der Waals surface area contributed by atoms with Crippen molar-refractivity contribution in [1.29, 1.82) is 0 Å². The topological polar surface area (TPSA) is 74.9 Å². The number of ether oxygens (including phenoxy) is 1. The monoisotopic (exact) mass is 371 g/mol. The number of rotatable bonds is 5. The first-order chi connectivity index (χ1) is 13.1. The second-order valence-corrected chi connectivity index (χ2v) is 6.88. The summed E-state index contributed by atoms with van der Waals surface area (Å²) in [7, 11) is 1.91. The molecule has 0 aliphatic carbocycles. The molecule has 1 saturated heterocycles. The molecule has 1 aliphatic rings. The summed E-state index contributed by atoms with van der Waals surface area (Å²) in [6.45, 7) is 7.27. The Morgan fingerprint density at radius 2 is 2.33 bits per heavy atom. The number of benzene rings is 1. The van der Waals surface area contributed by atoms with Crippen molar-refractivity contribution in [3.8, 4) is 0 Å². The molecule has 2 heterocycles. The first-order valence-corrected chi connectivity index (χ1v) is 9.45. The van der Waals surface area contributed by atoms with Gasteiger partial charge in [0.05, 0.1) is 32.0 Å². The molecule has 0 saturated carbocycles. The summed E-state index contributed by atoms with van der Waals surface area (Å²) in [5.74, 6) is 0.807. The lowest BCUT2D eigenvalue weighted by molar-refractivity contribution is -0.00811. The third kappa shape index (κ3) is 5.08. The Kier molecular flexibility index (Phi) is 6.47. The molecule has 1 aliphatic heterocycles. The van der Waals surface area contributed by atoms with Crippen LogP contribution in [0.3, 0.4) is 0 Å². The molecule has 0 bridgehead atoms. The molecule has 3 rings (SSSR count). The number of aromatic nitrogens is 2. The number of hydrogen-bond acceptors (Lipinski definition) is 4. The van der Waals surface area contributed by atoms with E-state index >= 15 is 0 Å². The van der Waals surface area contributed by atoms with E-state index in [1.165, 1.54) is 0 Å². The first kappa shape index (κ1) is 19.4. The van der Waals surface area contributed by atoms with Gasteiger partial charge in [-0.2, -0.15) is 5.10 Å². The second kappa shape index (κ2) is 9.01. The molecule has 0 spiro atoms. The Balaban J connectivity index is 1.69. The zero-order valence-electron chi connectivity index (χ0n) is 16.3. The van der Waals surface area contributed by atoms with Gasteiger partial charge in [-0.1, -0.05) is 29.8 Å². The minimum atomic E-state index is -0.617. The number of nitrogens with one attached hydrogen (secondary N) is 1. The number of aliphatic hydroxyl groups excluding tert-OH is 1. The van der Waals surface area contributed by atoms with Gasteiger partial charge in [0.2, 0.25) is 0 Å². The van der Waals surface area contributed by atoms with Crippen LogP contribution in [0.2, 0.25) is 0 Å². The number of guanidine groups is 1. The molecule has 0 amide bonds. The van der Waals surface area contributed by atoms with Crippen LogP contribution < -0.4 is 5.32 Å². The van der Waals surface area contributed by atoms with Crippen molar-refractivity contribution in [2.75, 3.05) is 32.8 Å². The van der Waals surface area contributed by atoms with Gasteiger partial charge in [0.1, 0.15) is 6.10 Å². The summed E-state index contributed by atoms with van der Waals surface area (Å²) in [5, 5.41) is 18.1. The first-order valence-electron chi connectivity index (χ1n) is 9.45. The molecule has 146 valence electrons. The number of aryl methyl sites for hydroxylation is 2. The lowest BCUT2D eigenvalue weighted by Gasteiger charge is -2.35. The van der Waals surface area contributed by atoms with Crippen molar-refractivity contribution >= 4 is 5.96 Å². The fourth-order valence-electron chi connectivity index (χ4n) is 3.23. The number of morpholine rings is 1. The summed E-state index contributed by atoms with van der Waals surface area (Å²) in [4.78, 5) is 6.87. The molecule has 0 radical (unpaired) electrons. The average molecular weight is 371 g/mol. The molecule has 2 aromatic rings. The average Bonchev–Trinajstić information content (AvgIpc) is 3.11. The molecule has 1 aromatic heterocycles. The molecule has 7 heteroatoms. The van der Waals surface area contributed by atoms with Crippen LogP contribution >= 0.6 is 0 Å². The van der Waals surface area contributed by atoms with E-state index in [1.54, 1.807) is 4.68 Å². The number of aliphatic hydroxyl groups is 1. The maximum Gasteiger partial charge on any atom is 0.194 e. The fourth-order valence-corrected chi connectivity index (χ4v) is 3.23. The van der Waals surface area contributed by atoms with Crippen molar-refractivity contribution in [3.05, 3.63) is 53.3 Å². The molecular formula is C20H29N5O2. The third-order valence-corrected chi connectivity index (χ3v) is 4.64. The SMILES string of the molecule is CCNC(=NCC(O)c1cccc(C)c1)N1CCOC(c2cnn(C)c2)C1. The Morgan fingerprint density at radius 1 is 1.48 bits per heavy atom. The van der Waals surface area contributed by atoms with Crippen LogP contribution in [0.4, 0.5) is 0 Å². The van der Waals surface area contributed by atoms with E-state index in [1.807, 2.05) is 57.6 Å². The molecule has 1 fully saturated rings. The van der Waals surface area contributed by atoms with E-state index in [9.17, 15) is 5.11 Å². The normalized spacial score (nSPS) is 19.2. The molecule has 2 atom stereocenters. The highest BCUT2D eigenvalue weighted by molar-refractivity contribution is 5.80. The Hall–Kier alpha value is -2.38. The zero-order chi connectivity index (χ0) is 19.2. The van der Waals surface area contributed by atoms with E-state index in [-0.39, 0.29) is 6.10 Å². The summed E-state index contributed by atoms with van der Waals surface area (Å²) < 4.78 is 7.70. The van der Waals surface area contributed by atoms with Crippen molar-refractivity contribution in [2.24, 2.45) is 12.0 Å². The van der Waals surface area contributed by atoms with Crippen LogP contribution in [0, 0.1) is 6.92 Å². The highest BCUT2D eigenvalue weighted by Crippen LogP contribution is 2.22. The van der Waals surface area contributed by atoms with E-state index in [4.69, 9.17) is 4.74 Å². The minimum absolute atomic E-state index is 0.0296. The third-order valence-electron chi connectivity index (χ3n) is 4.64. The van der Waals surface area contributed by atoms with E-state index in [2.05, 4.69) is 20.3 Å². The van der Waals surface area contributed by atoms with E-state index in [0.717, 1.165) is 35.7 Å². The van der Waals surface area contributed by atoms with Crippen molar-refractivity contribution in [1.82, 2.24) is 20.0 Å². The molecule has 27 heavy (non-hydrogen) atoms. The van der Waals surface area contributed by atoms with Crippen LogP contribution in [0.1, 0.15) is 35.8 Å².